The maximum atomic E-state index is 12.5. The summed E-state index contributed by atoms with van der Waals surface area (Å²) >= 11 is 4.39. The van der Waals surface area contributed by atoms with Crippen molar-refractivity contribution in [3.8, 4) is 10.7 Å². The molecule has 1 N–H and O–H groups in total. The highest BCUT2D eigenvalue weighted by Gasteiger charge is 2.19. The summed E-state index contributed by atoms with van der Waals surface area (Å²) in [6, 6.07) is 3.93. The number of amides is 1. The predicted molar refractivity (Wildman–Crippen MR) is 91.9 cm³/mol. The molecule has 0 radical (unpaired) electrons. The van der Waals surface area contributed by atoms with Gasteiger partial charge in [0.15, 0.2) is 11.0 Å². The van der Waals surface area contributed by atoms with E-state index in [1.165, 1.54) is 23.1 Å². The van der Waals surface area contributed by atoms with Crippen molar-refractivity contribution in [1.82, 2.24) is 15.0 Å². The minimum absolute atomic E-state index is 0.227. The molecule has 0 fully saturated rings. The van der Waals surface area contributed by atoms with Gasteiger partial charge >= 0.3 is 0 Å². The SMILES string of the molecule is CSc1nc(-c2cccs2)nc(C)c1C(=O)Nc1nccs1. The van der Waals surface area contributed by atoms with Crippen molar-refractivity contribution in [3.63, 3.8) is 0 Å². The monoisotopic (exact) mass is 348 g/mol. The van der Waals surface area contributed by atoms with Crippen LogP contribution in [0.1, 0.15) is 16.1 Å². The van der Waals surface area contributed by atoms with Gasteiger partial charge < -0.3 is 0 Å². The maximum absolute atomic E-state index is 12.5. The van der Waals surface area contributed by atoms with Gasteiger partial charge in [-0.15, -0.1) is 34.4 Å². The van der Waals surface area contributed by atoms with Crippen molar-refractivity contribution < 1.29 is 4.79 Å². The minimum Gasteiger partial charge on any atom is -0.298 e. The molecule has 0 aliphatic rings. The summed E-state index contributed by atoms with van der Waals surface area (Å²) in [6.45, 7) is 1.83. The van der Waals surface area contributed by atoms with Crippen molar-refractivity contribution in [1.29, 1.82) is 0 Å². The fourth-order valence-corrected chi connectivity index (χ4v) is 3.72. The maximum Gasteiger partial charge on any atom is 0.262 e. The molecule has 0 saturated heterocycles. The van der Waals surface area contributed by atoms with Gasteiger partial charge in [-0.3, -0.25) is 10.1 Å². The first-order chi connectivity index (χ1) is 10.7. The van der Waals surface area contributed by atoms with Crippen LogP contribution in [0.25, 0.3) is 10.7 Å². The van der Waals surface area contributed by atoms with Crippen LogP contribution in [0.4, 0.5) is 5.13 Å². The number of carbonyl (C=O) groups is 1. The van der Waals surface area contributed by atoms with Crippen LogP contribution in [0, 0.1) is 6.92 Å². The largest absolute Gasteiger partial charge is 0.298 e. The molecule has 0 saturated carbocycles. The van der Waals surface area contributed by atoms with E-state index in [2.05, 4.69) is 20.3 Å². The molecule has 3 rings (SSSR count). The zero-order chi connectivity index (χ0) is 15.5. The van der Waals surface area contributed by atoms with Crippen LogP contribution in [0.3, 0.4) is 0 Å². The topological polar surface area (TPSA) is 67.8 Å². The van der Waals surface area contributed by atoms with E-state index in [4.69, 9.17) is 0 Å². The van der Waals surface area contributed by atoms with E-state index >= 15 is 0 Å². The summed E-state index contributed by atoms with van der Waals surface area (Å²) in [5.41, 5.74) is 1.17. The lowest BCUT2D eigenvalue weighted by molar-refractivity contribution is 0.102. The first-order valence-electron chi connectivity index (χ1n) is 6.36. The van der Waals surface area contributed by atoms with E-state index in [0.29, 0.717) is 27.2 Å². The molecule has 0 bridgehead atoms. The average molecular weight is 348 g/mol. The molecular weight excluding hydrogens is 336 g/mol. The van der Waals surface area contributed by atoms with E-state index in [-0.39, 0.29) is 5.91 Å². The van der Waals surface area contributed by atoms with Crippen LogP contribution in [0.5, 0.6) is 0 Å². The molecule has 22 heavy (non-hydrogen) atoms. The standard InChI is InChI=1S/C14H12N4OS3/c1-8-10(12(19)18-14-15-5-7-22-14)13(20-2)17-11(16-8)9-4-3-6-21-9/h3-7H,1-2H3,(H,15,18,19). The van der Waals surface area contributed by atoms with Crippen LogP contribution in [-0.4, -0.2) is 27.1 Å². The van der Waals surface area contributed by atoms with Gasteiger partial charge in [0, 0.05) is 11.6 Å². The summed E-state index contributed by atoms with van der Waals surface area (Å²) in [4.78, 5) is 26.5. The lowest BCUT2D eigenvalue weighted by Gasteiger charge is -2.10. The first kappa shape index (κ1) is 15.1. The summed E-state index contributed by atoms with van der Waals surface area (Å²) in [5, 5.41) is 7.82. The number of carbonyl (C=O) groups excluding carboxylic acids is 1. The highest BCUT2D eigenvalue weighted by molar-refractivity contribution is 7.98. The third kappa shape index (κ3) is 3.03. The quantitative estimate of drug-likeness (QED) is 0.571. The molecule has 5 nitrogen and oxygen atoms in total. The number of rotatable bonds is 4. The highest BCUT2D eigenvalue weighted by atomic mass is 32.2. The Hall–Kier alpha value is -1.77. The van der Waals surface area contributed by atoms with Crippen molar-refractivity contribution in [2.75, 3.05) is 11.6 Å². The Morgan fingerprint density at radius 2 is 2.14 bits per heavy atom. The molecule has 0 unspecified atom stereocenters. The molecule has 0 atom stereocenters. The van der Waals surface area contributed by atoms with E-state index in [9.17, 15) is 4.79 Å². The summed E-state index contributed by atoms with van der Waals surface area (Å²) in [7, 11) is 0. The molecule has 8 heteroatoms. The molecule has 0 spiro atoms. The number of aromatic nitrogens is 3. The van der Waals surface area contributed by atoms with Gasteiger partial charge in [-0.05, 0) is 24.6 Å². The van der Waals surface area contributed by atoms with Crippen LogP contribution in [0.15, 0.2) is 34.1 Å². The Bertz CT molecular complexity index is 785. The van der Waals surface area contributed by atoms with Gasteiger partial charge in [-0.2, -0.15) is 0 Å². The molecule has 0 aliphatic carbocycles. The van der Waals surface area contributed by atoms with Gasteiger partial charge in [0.1, 0.15) is 5.03 Å². The molecule has 3 aromatic heterocycles. The van der Waals surface area contributed by atoms with Crippen molar-refractivity contribution in [3.05, 3.63) is 40.3 Å². The Morgan fingerprint density at radius 3 is 2.77 bits per heavy atom. The van der Waals surface area contributed by atoms with Crippen molar-refractivity contribution >= 4 is 45.5 Å². The average Bonchev–Trinajstić information content (AvgIpc) is 3.19. The second kappa shape index (κ2) is 6.55. The van der Waals surface area contributed by atoms with Crippen LogP contribution >= 0.6 is 34.4 Å². The number of anilines is 1. The van der Waals surface area contributed by atoms with Gasteiger partial charge in [0.2, 0.25) is 0 Å². The molecule has 112 valence electrons. The zero-order valence-corrected chi connectivity index (χ0v) is 14.3. The number of thiophene rings is 1. The minimum atomic E-state index is -0.227. The zero-order valence-electron chi connectivity index (χ0n) is 11.9. The molecule has 1 amide bonds. The smallest absolute Gasteiger partial charge is 0.262 e. The van der Waals surface area contributed by atoms with Crippen LogP contribution < -0.4 is 5.32 Å². The Morgan fingerprint density at radius 1 is 1.27 bits per heavy atom. The summed E-state index contributed by atoms with van der Waals surface area (Å²) in [5.74, 6) is 0.428. The Kier molecular flexibility index (Phi) is 4.51. The Balaban J connectivity index is 1.98. The van der Waals surface area contributed by atoms with Gasteiger partial charge in [0.05, 0.1) is 16.1 Å². The number of aryl methyl sites for hydroxylation is 1. The molecular formula is C14H12N4OS3. The first-order valence-corrected chi connectivity index (χ1v) is 9.35. The van der Waals surface area contributed by atoms with E-state index in [0.717, 1.165) is 4.88 Å². The summed E-state index contributed by atoms with van der Waals surface area (Å²) in [6.07, 6.45) is 3.55. The number of hydrogen-bond acceptors (Lipinski definition) is 7. The molecule has 0 aliphatic heterocycles. The van der Waals surface area contributed by atoms with E-state index in [1.807, 2.05) is 36.1 Å². The fraction of sp³-hybridized carbons (Fsp3) is 0.143. The van der Waals surface area contributed by atoms with E-state index in [1.54, 1.807) is 17.5 Å². The van der Waals surface area contributed by atoms with Gasteiger partial charge in [0.25, 0.3) is 5.91 Å². The molecule has 0 aromatic carbocycles. The molecule has 3 aromatic rings. The third-order valence-electron chi connectivity index (χ3n) is 2.87. The van der Waals surface area contributed by atoms with E-state index < -0.39 is 0 Å². The number of thioether (sulfide) groups is 1. The lowest BCUT2D eigenvalue weighted by Crippen LogP contribution is -2.16. The third-order valence-corrected chi connectivity index (χ3v) is 5.11. The second-order valence-corrected chi connectivity index (χ2v) is 6.92. The number of hydrogen-bond donors (Lipinski definition) is 1. The van der Waals surface area contributed by atoms with Crippen molar-refractivity contribution in [2.45, 2.75) is 11.9 Å². The highest BCUT2D eigenvalue weighted by Crippen LogP contribution is 2.27. The van der Waals surface area contributed by atoms with Gasteiger partial charge in [-0.1, -0.05) is 6.07 Å². The molecule has 3 heterocycles. The Labute approximate surface area is 139 Å². The van der Waals surface area contributed by atoms with Crippen LogP contribution in [-0.2, 0) is 0 Å². The predicted octanol–water partition coefficient (Wildman–Crippen LogP) is 3.94. The normalized spacial score (nSPS) is 10.6. The second-order valence-electron chi connectivity index (χ2n) is 4.29. The fourth-order valence-electron chi connectivity index (χ4n) is 1.92. The van der Waals surface area contributed by atoms with Gasteiger partial charge in [-0.25, -0.2) is 15.0 Å². The van der Waals surface area contributed by atoms with Crippen LogP contribution in [0.2, 0.25) is 0 Å². The number of nitrogens with one attached hydrogen (secondary N) is 1. The lowest BCUT2D eigenvalue weighted by atomic mass is 10.2. The van der Waals surface area contributed by atoms with Crippen molar-refractivity contribution in [2.24, 2.45) is 0 Å². The number of nitrogens with zero attached hydrogens (tertiary/aromatic N) is 3. The summed E-state index contributed by atoms with van der Waals surface area (Å²) < 4.78 is 0. The number of thiazole rings is 1.